The van der Waals surface area contributed by atoms with Gasteiger partial charge in [-0.25, -0.2) is 4.79 Å². The van der Waals surface area contributed by atoms with Crippen molar-refractivity contribution in [1.82, 2.24) is 15.6 Å². The van der Waals surface area contributed by atoms with Crippen LogP contribution in [0.25, 0.3) is 10.9 Å². The van der Waals surface area contributed by atoms with Gasteiger partial charge in [0.05, 0.1) is 35.5 Å². The molecule has 0 aliphatic carbocycles. The SMILES string of the molecule is CCOCCNC(=O)c1cc2c(Oc3ccc(NC(=O)NC)c(Cl)c3)ccnc2cc1OC. The fraction of sp³-hybridized carbons (Fsp3) is 0.261. The minimum atomic E-state index is -0.383. The molecule has 0 fully saturated rings. The summed E-state index contributed by atoms with van der Waals surface area (Å²) in [6.07, 6.45) is 1.60. The van der Waals surface area contributed by atoms with E-state index in [0.717, 1.165) is 0 Å². The van der Waals surface area contributed by atoms with E-state index in [4.69, 9.17) is 25.8 Å². The first kappa shape index (κ1) is 24.1. The van der Waals surface area contributed by atoms with E-state index in [1.54, 1.807) is 42.6 Å². The number of fused-ring (bicyclic) bond motifs is 1. The summed E-state index contributed by atoms with van der Waals surface area (Å²) in [6.45, 7) is 3.26. The molecule has 3 N–H and O–H groups in total. The van der Waals surface area contributed by atoms with E-state index in [-0.39, 0.29) is 11.9 Å². The summed E-state index contributed by atoms with van der Waals surface area (Å²) in [5, 5.41) is 8.83. The van der Waals surface area contributed by atoms with E-state index in [9.17, 15) is 9.59 Å². The summed E-state index contributed by atoms with van der Waals surface area (Å²) in [6, 6.07) is 9.57. The van der Waals surface area contributed by atoms with Gasteiger partial charge in [-0.05, 0) is 31.2 Å². The van der Waals surface area contributed by atoms with E-state index in [1.807, 2.05) is 6.92 Å². The standard InChI is InChI=1S/C23H25ClN4O5/c1-4-32-10-9-27-22(29)16-12-15-19(13-21(16)31-3)26-8-7-20(15)33-14-5-6-18(17(24)11-14)28-23(30)25-2/h5-8,11-13H,4,9-10H2,1-3H3,(H,27,29)(H2,25,28,30). The van der Waals surface area contributed by atoms with Crippen LogP contribution in [-0.2, 0) is 4.74 Å². The van der Waals surface area contributed by atoms with Gasteiger partial charge >= 0.3 is 6.03 Å². The van der Waals surface area contributed by atoms with E-state index < -0.39 is 0 Å². The molecule has 3 rings (SSSR count). The summed E-state index contributed by atoms with van der Waals surface area (Å²) >= 11 is 6.28. The molecule has 0 unspecified atom stereocenters. The summed E-state index contributed by atoms with van der Waals surface area (Å²) in [7, 11) is 3.01. The summed E-state index contributed by atoms with van der Waals surface area (Å²) in [4.78, 5) is 28.6. The minimum absolute atomic E-state index is 0.295. The number of anilines is 1. The fourth-order valence-electron chi connectivity index (χ4n) is 3.03. The number of rotatable bonds is 9. The van der Waals surface area contributed by atoms with Gasteiger partial charge in [0, 0.05) is 43.9 Å². The number of methoxy groups -OCH3 is 1. The number of carbonyl (C=O) groups is 2. The van der Waals surface area contributed by atoms with Crippen molar-refractivity contribution in [3.8, 4) is 17.2 Å². The van der Waals surface area contributed by atoms with Gasteiger partial charge in [0.15, 0.2) is 0 Å². The van der Waals surface area contributed by atoms with Crippen LogP contribution in [0.15, 0.2) is 42.6 Å². The van der Waals surface area contributed by atoms with Crippen LogP contribution >= 0.6 is 11.6 Å². The van der Waals surface area contributed by atoms with Crippen LogP contribution in [0.1, 0.15) is 17.3 Å². The van der Waals surface area contributed by atoms with Crippen LogP contribution in [0.3, 0.4) is 0 Å². The van der Waals surface area contributed by atoms with Crippen molar-refractivity contribution in [1.29, 1.82) is 0 Å². The van der Waals surface area contributed by atoms with Crippen LogP contribution in [0.4, 0.5) is 10.5 Å². The molecule has 0 spiro atoms. The summed E-state index contributed by atoms with van der Waals surface area (Å²) in [5.74, 6) is 1.03. The molecule has 174 valence electrons. The van der Waals surface area contributed by atoms with Crippen molar-refractivity contribution in [2.75, 3.05) is 39.2 Å². The second-order valence-electron chi connectivity index (χ2n) is 6.78. The van der Waals surface area contributed by atoms with Crippen molar-refractivity contribution in [3.63, 3.8) is 0 Å². The normalized spacial score (nSPS) is 10.5. The van der Waals surface area contributed by atoms with Gasteiger partial charge in [0.25, 0.3) is 5.91 Å². The first-order valence-corrected chi connectivity index (χ1v) is 10.6. The molecule has 10 heteroatoms. The van der Waals surface area contributed by atoms with Gasteiger partial charge in [-0.1, -0.05) is 11.6 Å². The fourth-order valence-corrected chi connectivity index (χ4v) is 3.25. The molecular weight excluding hydrogens is 448 g/mol. The van der Waals surface area contributed by atoms with Crippen LogP contribution in [0.5, 0.6) is 17.2 Å². The largest absolute Gasteiger partial charge is 0.496 e. The van der Waals surface area contributed by atoms with E-state index in [1.165, 1.54) is 14.2 Å². The number of nitrogens with one attached hydrogen (secondary N) is 3. The Kier molecular flexibility index (Phi) is 8.28. The molecule has 0 atom stereocenters. The number of hydrogen-bond donors (Lipinski definition) is 3. The molecule has 33 heavy (non-hydrogen) atoms. The molecule has 2 aromatic carbocycles. The van der Waals surface area contributed by atoms with Gasteiger partial charge < -0.3 is 30.2 Å². The number of hydrogen-bond acceptors (Lipinski definition) is 6. The average Bonchev–Trinajstić information content (AvgIpc) is 2.82. The third kappa shape index (κ3) is 6.03. The third-order valence-corrected chi connectivity index (χ3v) is 4.96. The number of amides is 3. The molecule has 3 aromatic rings. The maximum atomic E-state index is 12.7. The maximum absolute atomic E-state index is 12.7. The van der Waals surface area contributed by atoms with E-state index >= 15 is 0 Å². The Labute approximate surface area is 196 Å². The molecule has 3 amide bonds. The zero-order chi connectivity index (χ0) is 23.8. The Hall–Kier alpha value is -3.56. The lowest BCUT2D eigenvalue weighted by molar-refractivity contribution is 0.0920. The monoisotopic (exact) mass is 472 g/mol. The lowest BCUT2D eigenvalue weighted by Crippen LogP contribution is -2.27. The molecule has 1 aromatic heterocycles. The molecule has 0 saturated carbocycles. The van der Waals surface area contributed by atoms with Crippen molar-refractivity contribution >= 4 is 40.1 Å². The summed E-state index contributed by atoms with van der Waals surface area (Å²) in [5.41, 5.74) is 1.39. The van der Waals surface area contributed by atoms with Gasteiger partial charge in [0.1, 0.15) is 17.2 Å². The zero-order valence-electron chi connectivity index (χ0n) is 18.5. The second-order valence-corrected chi connectivity index (χ2v) is 7.19. The molecule has 0 aliphatic rings. The molecule has 0 saturated heterocycles. The Bertz CT molecular complexity index is 1160. The number of aromatic nitrogens is 1. The number of nitrogens with zero attached hydrogens (tertiary/aromatic N) is 1. The Morgan fingerprint density at radius 3 is 2.64 bits per heavy atom. The highest BCUT2D eigenvalue weighted by Crippen LogP contribution is 2.35. The highest BCUT2D eigenvalue weighted by atomic mass is 35.5. The lowest BCUT2D eigenvalue weighted by atomic mass is 10.1. The van der Waals surface area contributed by atoms with Gasteiger partial charge in [-0.3, -0.25) is 9.78 Å². The van der Waals surface area contributed by atoms with Gasteiger partial charge in [0.2, 0.25) is 0 Å². The highest BCUT2D eigenvalue weighted by Gasteiger charge is 2.17. The second kappa shape index (κ2) is 11.3. The molecule has 1 heterocycles. The molecular formula is C23H25ClN4O5. The predicted molar refractivity (Wildman–Crippen MR) is 127 cm³/mol. The molecule has 0 aliphatic heterocycles. The highest BCUT2D eigenvalue weighted by molar-refractivity contribution is 6.33. The molecule has 9 nitrogen and oxygen atoms in total. The minimum Gasteiger partial charge on any atom is -0.496 e. The zero-order valence-corrected chi connectivity index (χ0v) is 19.3. The number of halogens is 1. The lowest BCUT2D eigenvalue weighted by Gasteiger charge is -2.14. The smallest absolute Gasteiger partial charge is 0.319 e. The van der Waals surface area contributed by atoms with Gasteiger partial charge in [-0.15, -0.1) is 0 Å². The van der Waals surface area contributed by atoms with Gasteiger partial charge in [-0.2, -0.15) is 0 Å². The van der Waals surface area contributed by atoms with E-state index in [2.05, 4.69) is 20.9 Å². The van der Waals surface area contributed by atoms with Crippen molar-refractivity contribution in [2.45, 2.75) is 6.92 Å². The Morgan fingerprint density at radius 1 is 1.12 bits per heavy atom. The van der Waals surface area contributed by atoms with Crippen LogP contribution < -0.4 is 25.4 Å². The number of carbonyl (C=O) groups excluding carboxylic acids is 2. The Morgan fingerprint density at radius 2 is 1.94 bits per heavy atom. The molecule has 0 radical (unpaired) electrons. The first-order valence-electron chi connectivity index (χ1n) is 10.3. The van der Waals surface area contributed by atoms with Crippen molar-refractivity contribution in [3.05, 3.63) is 53.2 Å². The van der Waals surface area contributed by atoms with Crippen LogP contribution in [0, 0.1) is 0 Å². The van der Waals surface area contributed by atoms with Crippen LogP contribution in [0.2, 0.25) is 5.02 Å². The topological polar surface area (TPSA) is 111 Å². The first-order chi connectivity index (χ1) is 16.0. The Balaban J connectivity index is 1.90. The average molecular weight is 473 g/mol. The number of benzene rings is 2. The van der Waals surface area contributed by atoms with Crippen molar-refractivity contribution < 1.29 is 23.8 Å². The van der Waals surface area contributed by atoms with Crippen LogP contribution in [-0.4, -0.2) is 50.8 Å². The van der Waals surface area contributed by atoms with E-state index in [0.29, 0.717) is 64.2 Å². The number of pyridine rings is 1. The predicted octanol–water partition coefficient (Wildman–Crippen LogP) is 4.21. The third-order valence-electron chi connectivity index (χ3n) is 4.65. The number of ether oxygens (including phenoxy) is 3. The van der Waals surface area contributed by atoms with Crippen molar-refractivity contribution in [2.24, 2.45) is 0 Å². The maximum Gasteiger partial charge on any atom is 0.319 e. The number of urea groups is 1. The summed E-state index contributed by atoms with van der Waals surface area (Å²) < 4.78 is 16.7. The quantitative estimate of drug-likeness (QED) is 0.402. The molecule has 0 bridgehead atoms.